The number of anilines is 3. The number of hydrazine groups is 1. The topological polar surface area (TPSA) is 133 Å². The van der Waals surface area contributed by atoms with Crippen LogP contribution in [0.4, 0.5) is 22.6 Å². The molecule has 0 saturated carbocycles. The lowest BCUT2D eigenvalue weighted by atomic mass is 10.1. The number of nitrogens with zero attached hydrogens (tertiary/aromatic N) is 4. The Labute approximate surface area is 196 Å². The Morgan fingerprint density at radius 3 is 1.88 bits per heavy atom. The molecule has 34 heavy (non-hydrogen) atoms. The van der Waals surface area contributed by atoms with Crippen LogP contribution in [0.25, 0.3) is 0 Å². The van der Waals surface area contributed by atoms with Gasteiger partial charge in [0.25, 0.3) is 0 Å². The highest BCUT2D eigenvalue weighted by Gasteiger charge is 2.27. The maximum absolute atomic E-state index is 11.9. The lowest BCUT2D eigenvalue weighted by Gasteiger charge is -2.16. The molecule has 1 aliphatic rings. The summed E-state index contributed by atoms with van der Waals surface area (Å²) >= 11 is 0. The molecule has 2 aromatic carbocycles. The zero-order chi connectivity index (χ0) is 23.9. The summed E-state index contributed by atoms with van der Waals surface area (Å²) in [5, 5.41) is 9.67. The Morgan fingerprint density at radius 1 is 0.853 bits per heavy atom. The molecule has 1 aromatic heterocycles. The molecule has 11 nitrogen and oxygen atoms in total. The Bertz CT molecular complexity index is 1080. The van der Waals surface area contributed by atoms with Crippen molar-refractivity contribution in [2.75, 3.05) is 29.7 Å². The normalized spacial score (nSPS) is 12.9. The largest absolute Gasteiger partial charge is 0.497 e. The van der Waals surface area contributed by atoms with Gasteiger partial charge in [0.1, 0.15) is 12.3 Å². The van der Waals surface area contributed by atoms with E-state index in [-0.39, 0.29) is 12.5 Å². The number of hydrogen-bond donors (Lipinski definition) is 4. The van der Waals surface area contributed by atoms with Crippen LogP contribution in [-0.4, -0.2) is 45.6 Å². The van der Waals surface area contributed by atoms with Crippen LogP contribution in [0, 0.1) is 0 Å². The third-order valence-electron chi connectivity index (χ3n) is 5.16. The summed E-state index contributed by atoms with van der Waals surface area (Å²) in [5.41, 5.74) is 6.11. The number of ether oxygens (including phenoxy) is 1. The molecule has 0 bridgehead atoms. The fourth-order valence-electron chi connectivity index (χ4n) is 3.24. The van der Waals surface area contributed by atoms with Gasteiger partial charge in [0.15, 0.2) is 0 Å². The van der Waals surface area contributed by atoms with Crippen LogP contribution in [0.5, 0.6) is 5.75 Å². The van der Waals surface area contributed by atoms with Gasteiger partial charge in [0, 0.05) is 13.1 Å². The number of rotatable bonds is 10. The molecule has 0 spiro atoms. The number of amides is 3. The molecule has 1 saturated heterocycles. The lowest BCUT2D eigenvalue weighted by Crippen LogP contribution is -2.34. The fraction of sp³-hybridized carbons (Fsp3) is 0.261. The first-order valence-electron chi connectivity index (χ1n) is 10.8. The average Bonchev–Trinajstić information content (AvgIpc) is 3.18. The van der Waals surface area contributed by atoms with E-state index in [1.165, 1.54) is 5.56 Å². The van der Waals surface area contributed by atoms with E-state index in [0.717, 1.165) is 28.3 Å². The number of urea groups is 1. The molecule has 3 amide bonds. The Balaban J connectivity index is 1.49. The number of carbonyl (C=O) groups excluding carboxylic acids is 2. The molecule has 1 aliphatic heterocycles. The van der Waals surface area contributed by atoms with Crippen LogP contribution in [0.2, 0.25) is 0 Å². The zero-order valence-corrected chi connectivity index (χ0v) is 19.0. The number of aryl methyl sites for hydroxylation is 1. The second kappa shape index (κ2) is 10.5. The molecule has 0 radical (unpaired) electrons. The first-order chi connectivity index (χ1) is 16.5. The van der Waals surface area contributed by atoms with Crippen molar-refractivity contribution >= 4 is 29.8 Å². The number of nitrogens with one attached hydrogen (secondary N) is 4. The van der Waals surface area contributed by atoms with Crippen molar-refractivity contribution in [2.45, 2.75) is 26.4 Å². The highest BCUT2D eigenvalue weighted by atomic mass is 16.5. The molecule has 0 aliphatic carbocycles. The minimum Gasteiger partial charge on any atom is -0.497 e. The maximum Gasteiger partial charge on any atom is 0.343 e. The summed E-state index contributed by atoms with van der Waals surface area (Å²) < 4.78 is 5.19. The molecule has 0 unspecified atom stereocenters. The van der Waals surface area contributed by atoms with E-state index < -0.39 is 11.9 Å². The second-order valence-electron chi connectivity index (χ2n) is 7.58. The lowest BCUT2D eigenvalue weighted by molar-refractivity contribution is -0.118. The van der Waals surface area contributed by atoms with Crippen molar-refractivity contribution in [1.29, 1.82) is 0 Å². The summed E-state index contributed by atoms with van der Waals surface area (Å²) in [4.78, 5) is 36.5. The van der Waals surface area contributed by atoms with Gasteiger partial charge in [-0.25, -0.2) is 9.80 Å². The van der Waals surface area contributed by atoms with Gasteiger partial charge in [-0.05, 0) is 35.2 Å². The van der Waals surface area contributed by atoms with Crippen molar-refractivity contribution in [3.8, 4) is 5.75 Å². The van der Waals surface area contributed by atoms with Crippen LogP contribution in [0.3, 0.4) is 0 Å². The van der Waals surface area contributed by atoms with Gasteiger partial charge in [-0.1, -0.05) is 43.3 Å². The third kappa shape index (κ3) is 5.88. The van der Waals surface area contributed by atoms with Gasteiger partial charge in [-0.15, -0.1) is 0 Å². The van der Waals surface area contributed by atoms with Gasteiger partial charge >= 0.3 is 6.03 Å². The van der Waals surface area contributed by atoms with E-state index in [0.29, 0.717) is 25.0 Å². The molecule has 1 fully saturated rings. The highest BCUT2D eigenvalue weighted by Crippen LogP contribution is 2.16. The maximum atomic E-state index is 11.9. The predicted molar refractivity (Wildman–Crippen MR) is 127 cm³/mol. The summed E-state index contributed by atoms with van der Waals surface area (Å²) in [5.74, 6) is 1.12. The molecular weight excluding hydrogens is 436 g/mol. The molecule has 3 aromatic rings. The van der Waals surface area contributed by atoms with Gasteiger partial charge in [-0.3, -0.25) is 15.5 Å². The third-order valence-corrected chi connectivity index (χ3v) is 5.16. The summed E-state index contributed by atoms with van der Waals surface area (Å²) in [6.45, 7) is 2.95. The highest BCUT2D eigenvalue weighted by molar-refractivity contribution is 6.02. The van der Waals surface area contributed by atoms with E-state index in [1.54, 1.807) is 7.11 Å². The molecule has 2 heterocycles. The predicted octanol–water partition coefficient (Wildman–Crippen LogP) is 2.55. The van der Waals surface area contributed by atoms with Crippen LogP contribution in [0.15, 0.2) is 48.5 Å². The summed E-state index contributed by atoms with van der Waals surface area (Å²) in [6.07, 6.45) is 0.978. The number of aromatic nitrogens is 3. The first kappa shape index (κ1) is 22.8. The molecule has 0 atom stereocenters. The number of methoxy groups -OCH3 is 1. The van der Waals surface area contributed by atoms with E-state index in [1.807, 2.05) is 24.3 Å². The van der Waals surface area contributed by atoms with Crippen LogP contribution >= 0.6 is 0 Å². The number of imide groups is 1. The van der Waals surface area contributed by atoms with Crippen molar-refractivity contribution in [1.82, 2.24) is 25.3 Å². The smallest absolute Gasteiger partial charge is 0.343 e. The molecule has 4 N–H and O–H groups in total. The minimum absolute atomic E-state index is 0.126. The monoisotopic (exact) mass is 462 g/mol. The van der Waals surface area contributed by atoms with Crippen LogP contribution in [0.1, 0.15) is 23.6 Å². The average molecular weight is 463 g/mol. The fourth-order valence-corrected chi connectivity index (χ4v) is 3.24. The van der Waals surface area contributed by atoms with Crippen LogP contribution in [-0.2, 0) is 24.3 Å². The quantitative estimate of drug-likeness (QED) is 0.335. The van der Waals surface area contributed by atoms with E-state index >= 15 is 0 Å². The molecule has 4 rings (SSSR count). The van der Waals surface area contributed by atoms with Gasteiger partial charge in [0.2, 0.25) is 23.8 Å². The van der Waals surface area contributed by atoms with E-state index in [4.69, 9.17) is 4.74 Å². The standard InChI is InChI=1S/C23H26N8O3/c1-3-15-4-6-16(7-5-15)12-24-20-27-21(25-13-17-8-10-18(34-2)11-9-17)29-22(28-20)30-31-14-19(32)26-23(31)33/h4-11H,3,12-14H2,1-2H3,(H,26,32,33)(H3,24,25,27,28,29,30). The second-order valence-corrected chi connectivity index (χ2v) is 7.58. The SMILES string of the molecule is CCc1ccc(CNc2nc(NCc3ccc(OC)cc3)nc(NN3CC(=O)NC3=O)n2)cc1. The summed E-state index contributed by atoms with van der Waals surface area (Å²) in [7, 11) is 1.62. The van der Waals surface area contributed by atoms with Gasteiger partial charge in [-0.2, -0.15) is 15.0 Å². The van der Waals surface area contributed by atoms with Gasteiger partial charge in [0.05, 0.1) is 7.11 Å². The molecule has 176 valence electrons. The summed E-state index contributed by atoms with van der Waals surface area (Å²) in [6, 6.07) is 15.3. The van der Waals surface area contributed by atoms with Crippen molar-refractivity contribution in [2.24, 2.45) is 0 Å². The van der Waals surface area contributed by atoms with E-state index in [2.05, 4.69) is 67.5 Å². The van der Waals surface area contributed by atoms with Crippen molar-refractivity contribution < 1.29 is 14.3 Å². The minimum atomic E-state index is -0.566. The number of carbonyl (C=O) groups is 2. The molecular formula is C23H26N8O3. The van der Waals surface area contributed by atoms with Crippen LogP contribution < -0.4 is 26.1 Å². The Hall–Kier alpha value is -4.41. The van der Waals surface area contributed by atoms with Crippen molar-refractivity contribution in [3.63, 3.8) is 0 Å². The first-order valence-corrected chi connectivity index (χ1v) is 10.8. The Kier molecular flexibility index (Phi) is 7.01. The Morgan fingerprint density at radius 2 is 1.38 bits per heavy atom. The zero-order valence-electron chi connectivity index (χ0n) is 19.0. The van der Waals surface area contributed by atoms with Crippen molar-refractivity contribution in [3.05, 3.63) is 65.2 Å². The van der Waals surface area contributed by atoms with Gasteiger partial charge < -0.3 is 15.4 Å². The number of hydrogen-bond acceptors (Lipinski definition) is 9. The van der Waals surface area contributed by atoms with E-state index in [9.17, 15) is 9.59 Å². The molecule has 11 heteroatoms. The number of benzene rings is 2.